The molecule has 0 fully saturated rings. The van der Waals surface area contributed by atoms with Gasteiger partial charge in [-0.2, -0.15) is 0 Å². The number of nitrogens with zero attached hydrogens (tertiary/aromatic N) is 4. The fourth-order valence-electron chi connectivity index (χ4n) is 2.11. The minimum atomic E-state index is -0.590. The molecule has 0 aliphatic carbocycles. The third-order valence-corrected chi connectivity index (χ3v) is 3.13. The molecule has 3 heterocycles. The van der Waals surface area contributed by atoms with Crippen LogP contribution in [0.3, 0.4) is 0 Å². The van der Waals surface area contributed by atoms with Crippen molar-refractivity contribution in [2.45, 2.75) is 6.54 Å². The van der Waals surface area contributed by atoms with E-state index in [1.165, 1.54) is 20.5 Å². The molecule has 9 heteroatoms. The van der Waals surface area contributed by atoms with E-state index < -0.39 is 5.97 Å². The van der Waals surface area contributed by atoms with E-state index in [1.54, 1.807) is 17.0 Å². The number of fused-ring (bicyclic) bond motifs is 1. The summed E-state index contributed by atoms with van der Waals surface area (Å²) in [5, 5.41) is 0. The van der Waals surface area contributed by atoms with Crippen LogP contribution in [0.4, 0.5) is 5.82 Å². The summed E-state index contributed by atoms with van der Waals surface area (Å²) in [5.74, 6) is 0.297. The molecular formula is C13H13N5O4. The third kappa shape index (κ3) is 2.12. The predicted octanol–water partition coefficient (Wildman–Crippen LogP) is 0.354. The van der Waals surface area contributed by atoms with Crippen molar-refractivity contribution in [3.63, 3.8) is 0 Å². The van der Waals surface area contributed by atoms with Gasteiger partial charge in [0.15, 0.2) is 17.2 Å². The number of cyclic esters (lactones) is 1. The van der Waals surface area contributed by atoms with E-state index in [0.29, 0.717) is 23.5 Å². The lowest BCUT2D eigenvalue weighted by molar-refractivity contribution is -0.136. The lowest BCUT2D eigenvalue weighted by Crippen LogP contribution is -2.01. The van der Waals surface area contributed by atoms with Gasteiger partial charge in [0.1, 0.15) is 11.8 Å². The minimum Gasteiger partial charge on any atom is -0.490 e. The molecule has 2 aromatic heterocycles. The Morgan fingerprint density at radius 2 is 2.05 bits per heavy atom. The standard InChI is InChI=1S/C13H13N5O4/c1-20-9-7(22-13(19)10(9)21-2)3-4-18-6-17-8-11(14)15-5-16-12(8)18/h3,5-6H,4H2,1-2H3,(H2,14,15,16)/b7-3+. The Morgan fingerprint density at radius 3 is 2.77 bits per heavy atom. The molecule has 2 N–H and O–H groups in total. The number of nitrogens with two attached hydrogens (primary N) is 1. The van der Waals surface area contributed by atoms with Crippen molar-refractivity contribution >= 4 is 23.0 Å². The SMILES string of the molecule is COC1=C(OC)/C(=C\Cn2cnc3c(N)ncnc32)OC1=O. The maximum atomic E-state index is 11.6. The average molecular weight is 303 g/mol. The molecule has 0 atom stereocenters. The molecule has 1 aliphatic rings. The lowest BCUT2D eigenvalue weighted by Gasteiger charge is -2.03. The van der Waals surface area contributed by atoms with Crippen LogP contribution in [-0.2, 0) is 25.5 Å². The Bertz CT molecular complexity index is 808. The van der Waals surface area contributed by atoms with E-state index in [9.17, 15) is 4.79 Å². The number of nitrogen functional groups attached to an aromatic ring is 1. The molecule has 0 amide bonds. The number of hydrogen-bond acceptors (Lipinski definition) is 8. The second-order valence-electron chi connectivity index (χ2n) is 4.35. The Hall–Kier alpha value is -3.10. The van der Waals surface area contributed by atoms with Gasteiger partial charge in [-0.05, 0) is 6.08 Å². The van der Waals surface area contributed by atoms with E-state index in [1.807, 2.05) is 0 Å². The maximum Gasteiger partial charge on any atom is 0.383 e. The van der Waals surface area contributed by atoms with Crippen LogP contribution in [-0.4, -0.2) is 39.7 Å². The van der Waals surface area contributed by atoms with Gasteiger partial charge in [0, 0.05) is 6.54 Å². The Kier molecular flexibility index (Phi) is 3.37. The van der Waals surface area contributed by atoms with Crippen LogP contribution in [0.25, 0.3) is 11.2 Å². The van der Waals surface area contributed by atoms with Crippen LogP contribution in [0.2, 0.25) is 0 Å². The van der Waals surface area contributed by atoms with Crippen LogP contribution in [0.5, 0.6) is 0 Å². The third-order valence-electron chi connectivity index (χ3n) is 3.13. The number of rotatable bonds is 4. The number of hydrogen-bond donors (Lipinski definition) is 1. The predicted molar refractivity (Wildman–Crippen MR) is 75.0 cm³/mol. The summed E-state index contributed by atoms with van der Waals surface area (Å²) >= 11 is 0. The van der Waals surface area contributed by atoms with E-state index in [-0.39, 0.29) is 17.3 Å². The van der Waals surface area contributed by atoms with Gasteiger partial charge in [-0.3, -0.25) is 0 Å². The number of esters is 1. The van der Waals surface area contributed by atoms with Crippen molar-refractivity contribution in [1.29, 1.82) is 0 Å². The first-order valence-electron chi connectivity index (χ1n) is 6.32. The summed E-state index contributed by atoms with van der Waals surface area (Å²) in [7, 11) is 2.81. The molecule has 114 valence electrons. The molecule has 22 heavy (non-hydrogen) atoms. The molecule has 0 spiro atoms. The highest BCUT2D eigenvalue weighted by Gasteiger charge is 2.32. The summed E-state index contributed by atoms with van der Waals surface area (Å²) in [6.45, 7) is 0.361. The highest BCUT2D eigenvalue weighted by atomic mass is 16.6. The smallest absolute Gasteiger partial charge is 0.383 e. The second-order valence-corrected chi connectivity index (χ2v) is 4.35. The number of carbonyl (C=O) groups is 1. The van der Waals surface area contributed by atoms with Crippen molar-refractivity contribution in [2.24, 2.45) is 0 Å². The topological polar surface area (TPSA) is 114 Å². The van der Waals surface area contributed by atoms with Crippen molar-refractivity contribution < 1.29 is 19.0 Å². The summed E-state index contributed by atoms with van der Waals surface area (Å²) in [5.41, 5.74) is 6.83. The van der Waals surface area contributed by atoms with E-state index in [0.717, 1.165) is 0 Å². The Labute approximate surface area is 125 Å². The number of imidazole rings is 1. The van der Waals surface area contributed by atoms with Crippen molar-refractivity contribution in [3.8, 4) is 0 Å². The van der Waals surface area contributed by atoms with Crippen molar-refractivity contribution in [1.82, 2.24) is 19.5 Å². The van der Waals surface area contributed by atoms with Gasteiger partial charge in [0.05, 0.1) is 20.5 Å². The number of ether oxygens (including phenoxy) is 3. The molecule has 0 bridgehead atoms. The van der Waals surface area contributed by atoms with Crippen molar-refractivity contribution in [3.05, 3.63) is 36.0 Å². The summed E-state index contributed by atoms with van der Waals surface area (Å²) in [4.78, 5) is 23.8. The second kappa shape index (κ2) is 5.35. The maximum absolute atomic E-state index is 11.6. The normalized spacial score (nSPS) is 16.5. The first-order valence-corrected chi connectivity index (χ1v) is 6.32. The Balaban J connectivity index is 1.92. The average Bonchev–Trinajstić information content (AvgIpc) is 3.06. The van der Waals surface area contributed by atoms with Crippen molar-refractivity contribution in [2.75, 3.05) is 20.0 Å². The van der Waals surface area contributed by atoms with Crippen LogP contribution >= 0.6 is 0 Å². The first kappa shape index (κ1) is 13.9. The van der Waals surface area contributed by atoms with Crippen LogP contribution < -0.4 is 5.73 Å². The van der Waals surface area contributed by atoms with Gasteiger partial charge >= 0.3 is 5.97 Å². The zero-order valence-corrected chi connectivity index (χ0v) is 11.9. The lowest BCUT2D eigenvalue weighted by atomic mass is 10.3. The molecule has 1 aliphatic heterocycles. The molecular weight excluding hydrogens is 290 g/mol. The van der Waals surface area contributed by atoms with Gasteiger partial charge in [-0.15, -0.1) is 0 Å². The highest BCUT2D eigenvalue weighted by Crippen LogP contribution is 2.27. The monoisotopic (exact) mass is 303 g/mol. The van der Waals surface area contributed by atoms with E-state index >= 15 is 0 Å². The summed E-state index contributed by atoms with van der Waals surface area (Å²) in [6.07, 6.45) is 4.61. The van der Waals surface area contributed by atoms with Gasteiger partial charge in [0.25, 0.3) is 5.76 Å². The molecule has 0 saturated carbocycles. The van der Waals surface area contributed by atoms with Crippen LogP contribution in [0, 0.1) is 0 Å². The fourth-order valence-corrected chi connectivity index (χ4v) is 2.11. The van der Waals surface area contributed by atoms with Gasteiger partial charge in [-0.1, -0.05) is 0 Å². The highest BCUT2D eigenvalue weighted by molar-refractivity contribution is 5.91. The van der Waals surface area contributed by atoms with Gasteiger partial charge in [0.2, 0.25) is 5.76 Å². The largest absolute Gasteiger partial charge is 0.490 e. The molecule has 0 radical (unpaired) electrons. The molecule has 2 aromatic rings. The number of allylic oxidation sites excluding steroid dienone is 1. The van der Waals surface area contributed by atoms with E-state index in [2.05, 4.69) is 15.0 Å². The number of aromatic nitrogens is 4. The van der Waals surface area contributed by atoms with Crippen LogP contribution in [0.15, 0.2) is 36.0 Å². The fraction of sp³-hybridized carbons (Fsp3) is 0.231. The molecule has 3 rings (SSSR count). The molecule has 9 nitrogen and oxygen atoms in total. The molecule has 0 unspecified atom stereocenters. The van der Waals surface area contributed by atoms with Crippen LogP contribution in [0.1, 0.15) is 0 Å². The zero-order valence-electron chi connectivity index (χ0n) is 11.9. The zero-order chi connectivity index (χ0) is 15.7. The first-order chi connectivity index (χ1) is 10.7. The quantitative estimate of drug-likeness (QED) is 0.805. The molecule has 0 aromatic carbocycles. The molecule has 0 saturated heterocycles. The summed E-state index contributed by atoms with van der Waals surface area (Å²) in [6, 6.07) is 0. The summed E-state index contributed by atoms with van der Waals surface area (Å²) < 4.78 is 17.0. The Morgan fingerprint density at radius 1 is 1.27 bits per heavy atom. The minimum absolute atomic E-state index is 0.0378. The van der Waals surface area contributed by atoms with E-state index in [4.69, 9.17) is 19.9 Å². The number of anilines is 1. The van der Waals surface area contributed by atoms with Gasteiger partial charge in [-0.25, -0.2) is 19.7 Å². The number of carbonyl (C=O) groups excluding carboxylic acids is 1. The van der Waals surface area contributed by atoms with Gasteiger partial charge < -0.3 is 24.5 Å². The number of methoxy groups -OCH3 is 2.